The molecule has 0 spiro atoms. The zero-order chi connectivity index (χ0) is 26.8. The second-order valence-electron chi connectivity index (χ2n) is 10.9. The first-order valence-electron chi connectivity index (χ1n) is 12.7. The highest BCUT2D eigenvalue weighted by Crippen LogP contribution is 2.34. The molecule has 0 radical (unpaired) electrons. The molecule has 2 fully saturated rings. The van der Waals surface area contributed by atoms with Crippen molar-refractivity contribution in [1.29, 1.82) is 0 Å². The van der Waals surface area contributed by atoms with E-state index in [1.807, 2.05) is 30.8 Å². The summed E-state index contributed by atoms with van der Waals surface area (Å²) in [6.45, 7) is 11.3. The van der Waals surface area contributed by atoms with Crippen molar-refractivity contribution in [3.63, 3.8) is 0 Å². The fourth-order valence-corrected chi connectivity index (χ4v) is 4.05. The average molecular weight is 514 g/mol. The summed E-state index contributed by atoms with van der Waals surface area (Å²) in [7, 11) is 3.68. The molecule has 4 heterocycles. The lowest BCUT2D eigenvalue weighted by molar-refractivity contribution is -0.133. The van der Waals surface area contributed by atoms with Crippen LogP contribution in [0, 0.1) is 0 Å². The molecule has 2 N–H and O–H groups in total. The Bertz CT molecular complexity index is 1210. The van der Waals surface area contributed by atoms with E-state index in [1.54, 1.807) is 24.0 Å². The van der Waals surface area contributed by atoms with E-state index < -0.39 is 0 Å². The number of rotatable bonds is 8. The number of anilines is 2. The number of hydrogen-bond acceptors (Lipinski definition) is 9. The Morgan fingerprint density at radius 1 is 1.27 bits per heavy atom. The van der Waals surface area contributed by atoms with Crippen molar-refractivity contribution in [3.05, 3.63) is 35.9 Å². The second-order valence-corrected chi connectivity index (χ2v) is 10.9. The van der Waals surface area contributed by atoms with Crippen LogP contribution in [-0.4, -0.2) is 63.3 Å². The Morgan fingerprint density at radius 3 is 2.62 bits per heavy atom. The monoisotopic (exact) mass is 513 g/mol. The highest BCUT2D eigenvalue weighted by Gasteiger charge is 2.34. The van der Waals surface area contributed by atoms with E-state index in [0.717, 1.165) is 22.7 Å². The number of fused-ring (bicyclic) bond motifs is 1. The summed E-state index contributed by atoms with van der Waals surface area (Å²) >= 11 is 0. The molecule has 2 aliphatic rings. The Balaban J connectivity index is 0.000000469. The molecule has 1 saturated carbocycles. The minimum atomic E-state index is -0.279. The van der Waals surface area contributed by atoms with Crippen molar-refractivity contribution in [1.82, 2.24) is 29.7 Å². The minimum absolute atomic E-state index is 0.125. The lowest BCUT2D eigenvalue weighted by Crippen LogP contribution is -2.25. The quantitative estimate of drug-likeness (QED) is 0.433. The van der Waals surface area contributed by atoms with E-state index in [4.69, 9.17) is 19.3 Å². The third kappa shape index (κ3) is 6.28. The summed E-state index contributed by atoms with van der Waals surface area (Å²) in [4.78, 5) is 15.2. The van der Waals surface area contributed by atoms with Crippen LogP contribution in [0.5, 0.6) is 0 Å². The maximum Gasteiger partial charge on any atom is 0.293 e. The summed E-state index contributed by atoms with van der Waals surface area (Å²) < 4.78 is 20.0. The van der Waals surface area contributed by atoms with Gasteiger partial charge in [-0.15, -0.1) is 0 Å². The number of carbonyl (C=O) groups excluding carboxylic acids is 1. The van der Waals surface area contributed by atoms with Gasteiger partial charge in [-0.1, -0.05) is 0 Å². The number of ether oxygens (including phenoxy) is 3. The summed E-state index contributed by atoms with van der Waals surface area (Å²) in [6.07, 6.45) is 6.20. The summed E-state index contributed by atoms with van der Waals surface area (Å²) in [6, 6.07) is 3.92. The fourth-order valence-electron chi connectivity index (χ4n) is 4.05. The van der Waals surface area contributed by atoms with Gasteiger partial charge < -0.3 is 24.8 Å². The zero-order valence-electron chi connectivity index (χ0n) is 22.8. The molecule has 11 nitrogen and oxygen atoms in total. The normalized spacial score (nSPS) is 21.3. The van der Waals surface area contributed by atoms with Gasteiger partial charge >= 0.3 is 0 Å². The Morgan fingerprint density at radius 2 is 2.03 bits per heavy atom. The summed E-state index contributed by atoms with van der Waals surface area (Å²) in [5.74, 6) is 1.45. The molecule has 3 atom stereocenters. The van der Waals surface area contributed by atoms with Crippen LogP contribution >= 0.6 is 0 Å². The van der Waals surface area contributed by atoms with Gasteiger partial charge in [-0.3, -0.25) is 4.79 Å². The highest BCUT2D eigenvalue weighted by molar-refractivity contribution is 5.72. The van der Waals surface area contributed by atoms with Crippen molar-refractivity contribution in [2.45, 2.75) is 83.3 Å². The fraction of sp³-hybridized carbons (Fsp3) is 0.615. The van der Waals surface area contributed by atoms with Crippen LogP contribution < -0.4 is 10.6 Å². The molecule has 0 amide bonds. The van der Waals surface area contributed by atoms with E-state index in [1.165, 1.54) is 12.8 Å². The first-order valence-corrected chi connectivity index (χ1v) is 12.7. The molecule has 5 rings (SSSR count). The molecule has 0 aromatic carbocycles. The van der Waals surface area contributed by atoms with Gasteiger partial charge in [0.15, 0.2) is 5.82 Å². The SMILES string of the molecule is CNC1(C)CC1.COC(C)c1cc2c(Nc3cc(C4CC(OC=O)CO4)nn3C(C)(C)C)nccn2n1. The van der Waals surface area contributed by atoms with Crippen LogP contribution in [0.3, 0.4) is 0 Å². The number of aromatic nitrogens is 5. The molecule has 0 bridgehead atoms. The predicted octanol–water partition coefficient (Wildman–Crippen LogP) is 3.89. The molecule has 3 unspecified atom stereocenters. The number of hydrogen-bond donors (Lipinski definition) is 2. The zero-order valence-corrected chi connectivity index (χ0v) is 22.8. The topological polar surface area (TPSA) is 117 Å². The molecule has 202 valence electrons. The minimum Gasteiger partial charge on any atom is -0.462 e. The van der Waals surface area contributed by atoms with Crippen LogP contribution in [0.15, 0.2) is 24.5 Å². The summed E-state index contributed by atoms with van der Waals surface area (Å²) in [5, 5.41) is 16.0. The van der Waals surface area contributed by atoms with Crippen LogP contribution in [0.1, 0.15) is 77.5 Å². The van der Waals surface area contributed by atoms with Crippen LogP contribution in [0.25, 0.3) is 5.52 Å². The van der Waals surface area contributed by atoms with Gasteiger partial charge in [0, 0.05) is 37.5 Å². The molecule has 3 aromatic rings. The Hall–Kier alpha value is -3.02. The van der Waals surface area contributed by atoms with Gasteiger partial charge in [0.1, 0.15) is 23.5 Å². The van der Waals surface area contributed by atoms with Crippen molar-refractivity contribution < 1.29 is 19.0 Å². The van der Waals surface area contributed by atoms with E-state index in [-0.39, 0.29) is 23.9 Å². The lowest BCUT2D eigenvalue weighted by Gasteiger charge is -2.22. The number of methoxy groups -OCH3 is 1. The largest absolute Gasteiger partial charge is 0.462 e. The van der Waals surface area contributed by atoms with Gasteiger partial charge in [-0.2, -0.15) is 10.2 Å². The Labute approximate surface area is 217 Å². The highest BCUT2D eigenvalue weighted by atomic mass is 16.6. The molecular formula is C26H39N7O4. The standard InChI is InChI=1S/C21H28N6O4.C5H11N/c1-13(29-5)15-9-17-20(22-6-7-26(17)24-15)23-19-10-16(25-27(19)21(2,3)4)18-8-14(11-30-18)31-12-28;1-5(6-2)3-4-5/h6-7,9-10,12-14,18H,8,11H2,1-5H3,(H,22,23);6H,3-4H2,1-2H3. The van der Waals surface area contributed by atoms with Crippen LogP contribution in [0.2, 0.25) is 0 Å². The van der Waals surface area contributed by atoms with Gasteiger partial charge in [-0.25, -0.2) is 14.2 Å². The van der Waals surface area contributed by atoms with Gasteiger partial charge in [-0.05, 0) is 60.6 Å². The smallest absolute Gasteiger partial charge is 0.293 e. The number of carbonyl (C=O) groups is 1. The first kappa shape index (κ1) is 27.0. The van der Waals surface area contributed by atoms with E-state index in [9.17, 15) is 4.79 Å². The van der Waals surface area contributed by atoms with Crippen molar-refractivity contribution in [3.8, 4) is 0 Å². The van der Waals surface area contributed by atoms with E-state index >= 15 is 0 Å². The molecule has 1 aliphatic heterocycles. The lowest BCUT2D eigenvalue weighted by atomic mass is 10.1. The predicted molar refractivity (Wildman–Crippen MR) is 140 cm³/mol. The van der Waals surface area contributed by atoms with Crippen LogP contribution in [-0.2, 0) is 24.5 Å². The third-order valence-corrected chi connectivity index (χ3v) is 6.93. The van der Waals surface area contributed by atoms with Gasteiger partial charge in [0.05, 0.1) is 29.6 Å². The van der Waals surface area contributed by atoms with Gasteiger partial charge in [0.2, 0.25) is 0 Å². The van der Waals surface area contributed by atoms with Gasteiger partial charge in [0.25, 0.3) is 6.47 Å². The average Bonchev–Trinajstić information content (AvgIpc) is 3.25. The summed E-state index contributed by atoms with van der Waals surface area (Å²) in [5.41, 5.74) is 2.70. The second kappa shape index (κ2) is 10.8. The van der Waals surface area contributed by atoms with Crippen molar-refractivity contribution in [2.24, 2.45) is 0 Å². The molecule has 37 heavy (non-hydrogen) atoms. The molecule has 1 saturated heterocycles. The molecule has 3 aromatic heterocycles. The number of nitrogens with zero attached hydrogens (tertiary/aromatic N) is 5. The maximum absolute atomic E-state index is 10.6. The third-order valence-electron chi connectivity index (χ3n) is 6.93. The van der Waals surface area contributed by atoms with Crippen molar-refractivity contribution in [2.75, 3.05) is 26.1 Å². The first-order chi connectivity index (χ1) is 17.6. The Kier molecular flexibility index (Phi) is 7.86. The molecular weight excluding hydrogens is 474 g/mol. The maximum atomic E-state index is 10.6. The molecule has 1 aliphatic carbocycles. The van der Waals surface area contributed by atoms with Crippen molar-refractivity contribution >= 4 is 23.6 Å². The van der Waals surface area contributed by atoms with Crippen LogP contribution in [0.4, 0.5) is 11.6 Å². The van der Waals surface area contributed by atoms with E-state index in [2.05, 4.69) is 48.4 Å². The van der Waals surface area contributed by atoms with E-state index in [0.29, 0.717) is 30.9 Å². The molecule has 11 heteroatoms. The number of nitrogens with one attached hydrogen (secondary N) is 2.